The van der Waals surface area contributed by atoms with Gasteiger partial charge in [0.15, 0.2) is 0 Å². The molecule has 0 amide bonds. The maximum atomic E-state index is 4.54. The van der Waals surface area contributed by atoms with Crippen LogP contribution in [0.25, 0.3) is 0 Å². The Labute approximate surface area is 110 Å². The Bertz CT molecular complexity index is 385. The Balaban J connectivity index is 1.55. The molecule has 0 radical (unpaired) electrons. The number of rotatable bonds is 3. The van der Waals surface area contributed by atoms with Crippen molar-refractivity contribution in [1.29, 1.82) is 0 Å². The maximum absolute atomic E-state index is 4.54. The van der Waals surface area contributed by atoms with Gasteiger partial charge < -0.3 is 9.88 Å². The molecule has 1 N–H and O–H groups in total. The van der Waals surface area contributed by atoms with Gasteiger partial charge in [-0.3, -0.25) is 0 Å². The van der Waals surface area contributed by atoms with Crippen LogP contribution in [0.2, 0.25) is 0 Å². The van der Waals surface area contributed by atoms with E-state index in [1.165, 1.54) is 44.3 Å². The molecule has 3 atom stereocenters. The van der Waals surface area contributed by atoms with Crippen molar-refractivity contribution in [3.63, 3.8) is 0 Å². The lowest BCUT2D eigenvalue weighted by Gasteiger charge is -2.30. The molecule has 3 rings (SSSR count). The summed E-state index contributed by atoms with van der Waals surface area (Å²) in [6.45, 7) is 4.67. The number of nitrogens with one attached hydrogen (secondary N) is 1. The fourth-order valence-electron chi connectivity index (χ4n) is 3.63. The average Bonchev–Trinajstić information content (AvgIpc) is 2.85. The van der Waals surface area contributed by atoms with Crippen molar-refractivity contribution in [2.75, 3.05) is 6.54 Å². The molecule has 2 aliphatic rings. The van der Waals surface area contributed by atoms with Crippen LogP contribution in [0.15, 0.2) is 12.4 Å². The summed E-state index contributed by atoms with van der Waals surface area (Å²) in [6.07, 6.45) is 12.2. The minimum absolute atomic E-state index is 0.631. The zero-order valence-corrected chi connectivity index (χ0v) is 11.4. The van der Waals surface area contributed by atoms with Crippen LogP contribution in [0.3, 0.4) is 0 Å². The molecule has 1 fully saturated rings. The van der Waals surface area contributed by atoms with Crippen LogP contribution in [-0.4, -0.2) is 22.1 Å². The molecule has 3 heteroatoms. The minimum Gasteiger partial charge on any atom is -0.335 e. The zero-order chi connectivity index (χ0) is 12.4. The molecule has 3 nitrogen and oxygen atoms in total. The van der Waals surface area contributed by atoms with Gasteiger partial charge >= 0.3 is 0 Å². The second-order valence-electron chi connectivity index (χ2n) is 6.19. The highest BCUT2D eigenvalue weighted by molar-refractivity contribution is 5.04. The lowest BCUT2D eigenvalue weighted by Crippen LogP contribution is -2.37. The van der Waals surface area contributed by atoms with Crippen LogP contribution >= 0.6 is 0 Å². The van der Waals surface area contributed by atoms with Crippen LogP contribution in [-0.2, 0) is 6.54 Å². The number of aryl methyl sites for hydroxylation is 1. The van der Waals surface area contributed by atoms with Crippen molar-refractivity contribution in [3.05, 3.63) is 18.2 Å². The molecular weight excluding hydrogens is 222 g/mol. The number of imidazole rings is 1. The number of aromatic nitrogens is 2. The second-order valence-corrected chi connectivity index (χ2v) is 6.19. The van der Waals surface area contributed by atoms with E-state index < -0.39 is 0 Å². The zero-order valence-electron chi connectivity index (χ0n) is 11.4. The summed E-state index contributed by atoms with van der Waals surface area (Å²) in [4.78, 5) is 4.54. The average molecular weight is 247 g/mol. The molecule has 0 aromatic carbocycles. The van der Waals surface area contributed by atoms with E-state index in [0.29, 0.717) is 5.92 Å². The van der Waals surface area contributed by atoms with Gasteiger partial charge in [-0.25, -0.2) is 4.98 Å². The smallest absolute Gasteiger partial charge is 0.113 e. The van der Waals surface area contributed by atoms with E-state index in [4.69, 9.17) is 0 Å². The van der Waals surface area contributed by atoms with Crippen LogP contribution in [0, 0.1) is 5.92 Å². The molecule has 1 aromatic heterocycles. The third-order valence-electron chi connectivity index (χ3n) is 4.65. The predicted molar refractivity (Wildman–Crippen MR) is 73.6 cm³/mol. The van der Waals surface area contributed by atoms with E-state index >= 15 is 0 Å². The molecule has 1 aromatic rings. The van der Waals surface area contributed by atoms with E-state index in [2.05, 4.69) is 28.0 Å². The summed E-state index contributed by atoms with van der Waals surface area (Å²) in [6, 6.07) is 0.749. The van der Waals surface area contributed by atoms with Gasteiger partial charge in [-0.05, 0) is 31.6 Å². The molecule has 3 unspecified atom stereocenters. The van der Waals surface area contributed by atoms with Crippen LogP contribution < -0.4 is 5.32 Å². The van der Waals surface area contributed by atoms with Gasteiger partial charge in [-0.15, -0.1) is 0 Å². The molecule has 2 heterocycles. The van der Waals surface area contributed by atoms with Crippen molar-refractivity contribution in [2.45, 2.75) is 64.0 Å². The highest BCUT2D eigenvalue weighted by atomic mass is 15.1. The summed E-state index contributed by atoms with van der Waals surface area (Å²) in [5, 5.41) is 3.80. The topological polar surface area (TPSA) is 29.9 Å². The minimum atomic E-state index is 0.631. The molecule has 0 spiro atoms. The van der Waals surface area contributed by atoms with Gasteiger partial charge in [-0.2, -0.15) is 0 Å². The number of hydrogen-bond donors (Lipinski definition) is 1. The first-order chi connectivity index (χ1) is 8.83. The van der Waals surface area contributed by atoms with Gasteiger partial charge in [0.05, 0.1) is 0 Å². The van der Waals surface area contributed by atoms with E-state index in [0.717, 1.165) is 25.0 Å². The third-order valence-corrected chi connectivity index (χ3v) is 4.65. The van der Waals surface area contributed by atoms with Crippen LogP contribution in [0.1, 0.15) is 57.2 Å². The van der Waals surface area contributed by atoms with Gasteiger partial charge in [0, 0.05) is 37.4 Å². The summed E-state index contributed by atoms with van der Waals surface area (Å²) in [7, 11) is 0. The predicted octanol–water partition coefficient (Wildman–Crippen LogP) is 2.93. The molecular formula is C15H25N3. The van der Waals surface area contributed by atoms with E-state index in [1.54, 1.807) is 0 Å². The largest absolute Gasteiger partial charge is 0.335 e. The SMILES string of the molecule is CC1CCCC(NCC2CCCn3ccnc32)C1. The summed E-state index contributed by atoms with van der Waals surface area (Å²) < 4.78 is 2.33. The quantitative estimate of drug-likeness (QED) is 0.890. The van der Waals surface area contributed by atoms with Crippen molar-refractivity contribution in [1.82, 2.24) is 14.9 Å². The fourth-order valence-corrected chi connectivity index (χ4v) is 3.63. The first-order valence-electron chi connectivity index (χ1n) is 7.57. The molecule has 1 saturated carbocycles. The highest BCUT2D eigenvalue weighted by Gasteiger charge is 2.24. The maximum Gasteiger partial charge on any atom is 0.113 e. The van der Waals surface area contributed by atoms with E-state index in [9.17, 15) is 0 Å². The monoisotopic (exact) mass is 247 g/mol. The van der Waals surface area contributed by atoms with Crippen LogP contribution in [0.4, 0.5) is 0 Å². The van der Waals surface area contributed by atoms with Gasteiger partial charge in [0.25, 0.3) is 0 Å². The summed E-state index contributed by atoms with van der Waals surface area (Å²) in [5.74, 6) is 2.84. The van der Waals surface area contributed by atoms with Crippen molar-refractivity contribution < 1.29 is 0 Å². The molecule has 100 valence electrons. The Morgan fingerprint density at radius 2 is 2.28 bits per heavy atom. The summed E-state index contributed by atoms with van der Waals surface area (Å²) in [5.41, 5.74) is 0. The first kappa shape index (κ1) is 12.2. The normalized spacial score (nSPS) is 32.2. The lowest BCUT2D eigenvalue weighted by molar-refractivity contribution is 0.290. The molecule has 1 aliphatic heterocycles. The number of nitrogens with zero attached hydrogens (tertiary/aromatic N) is 2. The summed E-state index contributed by atoms with van der Waals surface area (Å²) >= 11 is 0. The standard InChI is InChI=1S/C15H25N3/c1-12-4-2-6-14(10-12)17-11-13-5-3-8-18-9-7-16-15(13)18/h7,9,12-14,17H,2-6,8,10-11H2,1H3. The molecule has 18 heavy (non-hydrogen) atoms. The Hall–Kier alpha value is -0.830. The van der Waals surface area contributed by atoms with Crippen molar-refractivity contribution >= 4 is 0 Å². The third kappa shape index (κ3) is 2.61. The van der Waals surface area contributed by atoms with Crippen molar-refractivity contribution in [2.24, 2.45) is 5.92 Å². The Morgan fingerprint density at radius 1 is 1.33 bits per heavy atom. The van der Waals surface area contributed by atoms with Gasteiger partial charge in [-0.1, -0.05) is 19.8 Å². The second kappa shape index (κ2) is 5.43. The van der Waals surface area contributed by atoms with E-state index in [1.807, 2.05) is 6.20 Å². The molecule has 0 bridgehead atoms. The fraction of sp³-hybridized carbons (Fsp3) is 0.800. The molecule has 0 saturated heterocycles. The van der Waals surface area contributed by atoms with Gasteiger partial charge in [0.2, 0.25) is 0 Å². The number of hydrogen-bond acceptors (Lipinski definition) is 2. The Morgan fingerprint density at radius 3 is 3.17 bits per heavy atom. The first-order valence-corrected chi connectivity index (χ1v) is 7.57. The van der Waals surface area contributed by atoms with Gasteiger partial charge in [0.1, 0.15) is 5.82 Å². The lowest BCUT2D eigenvalue weighted by atomic mass is 9.86. The van der Waals surface area contributed by atoms with E-state index in [-0.39, 0.29) is 0 Å². The Kier molecular flexibility index (Phi) is 3.69. The van der Waals surface area contributed by atoms with Crippen molar-refractivity contribution in [3.8, 4) is 0 Å². The molecule has 1 aliphatic carbocycles. The highest BCUT2D eigenvalue weighted by Crippen LogP contribution is 2.27. The van der Waals surface area contributed by atoms with Crippen LogP contribution in [0.5, 0.6) is 0 Å². The number of fused-ring (bicyclic) bond motifs is 1.